The standard InChI is InChI=1S/C10H21N3/c1-8(2)12-6-7-13(9(3)4)10(12)11-5/h8-9H,6-7H2,1-5H3. The minimum Gasteiger partial charge on any atom is -0.339 e. The number of hydrogen-bond acceptors (Lipinski definition) is 1. The van der Waals surface area contributed by atoms with Crippen LogP contribution in [0.2, 0.25) is 0 Å². The average molecular weight is 183 g/mol. The Morgan fingerprint density at radius 2 is 1.38 bits per heavy atom. The summed E-state index contributed by atoms with van der Waals surface area (Å²) in [6.07, 6.45) is 0. The average Bonchev–Trinajstić information content (AvgIpc) is 2.46. The molecule has 0 N–H and O–H groups in total. The minimum atomic E-state index is 0.558. The number of hydrogen-bond donors (Lipinski definition) is 0. The first-order valence-electron chi connectivity index (χ1n) is 5.08. The summed E-state index contributed by atoms with van der Waals surface area (Å²) in [6, 6.07) is 1.12. The van der Waals surface area contributed by atoms with Gasteiger partial charge in [-0.25, -0.2) is 0 Å². The van der Waals surface area contributed by atoms with Gasteiger partial charge in [0.15, 0.2) is 5.96 Å². The second-order valence-corrected chi connectivity index (χ2v) is 4.10. The molecule has 3 heteroatoms. The molecule has 0 unspecified atom stereocenters. The molecule has 0 atom stereocenters. The van der Waals surface area contributed by atoms with Crippen LogP contribution in [-0.4, -0.2) is 48.0 Å². The lowest BCUT2D eigenvalue weighted by molar-refractivity contribution is 0.376. The Hall–Kier alpha value is -0.730. The van der Waals surface area contributed by atoms with E-state index in [1.54, 1.807) is 0 Å². The van der Waals surface area contributed by atoms with Crippen LogP contribution in [0.4, 0.5) is 0 Å². The zero-order chi connectivity index (χ0) is 10.0. The van der Waals surface area contributed by atoms with Crippen molar-refractivity contribution in [2.45, 2.75) is 39.8 Å². The molecule has 13 heavy (non-hydrogen) atoms. The van der Waals surface area contributed by atoms with Crippen LogP contribution in [0.5, 0.6) is 0 Å². The molecule has 1 heterocycles. The summed E-state index contributed by atoms with van der Waals surface area (Å²) in [5, 5.41) is 0. The van der Waals surface area contributed by atoms with Crippen molar-refractivity contribution in [3.63, 3.8) is 0 Å². The Bertz CT molecular complexity index is 178. The molecule has 0 aromatic carbocycles. The molecular weight excluding hydrogens is 162 g/mol. The predicted molar refractivity (Wildman–Crippen MR) is 57.0 cm³/mol. The molecule has 1 rings (SSSR count). The zero-order valence-electron chi connectivity index (χ0n) is 9.41. The summed E-state index contributed by atoms with van der Waals surface area (Å²) in [5.41, 5.74) is 0. The van der Waals surface area contributed by atoms with Crippen molar-refractivity contribution in [1.82, 2.24) is 9.80 Å². The Morgan fingerprint density at radius 3 is 1.62 bits per heavy atom. The van der Waals surface area contributed by atoms with Gasteiger partial charge in [-0.1, -0.05) is 0 Å². The third kappa shape index (κ3) is 1.95. The van der Waals surface area contributed by atoms with E-state index in [1.165, 1.54) is 0 Å². The smallest absolute Gasteiger partial charge is 0.196 e. The number of rotatable bonds is 2. The van der Waals surface area contributed by atoms with Gasteiger partial charge in [0, 0.05) is 32.2 Å². The molecule has 0 aliphatic carbocycles. The van der Waals surface area contributed by atoms with Crippen LogP contribution in [-0.2, 0) is 0 Å². The third-order valence-corrected chi connectivity index (χ3v) is 2.54. The molecule has 1 aliphatic heterocycles. The molecule has 0 radical (unpaired) electrons. The summed E-state index contributed by atoms with van der Waals surface area (Å²) in [7, 11) is 1.88. The first kappa shape index (κ1) is 10.4. The molecule has 0 spiro atoms. The highest BCUT2D eigenvalue weighted by Gasteiger charge is 2.28. The molecule has 0 aromatic rings. The van der Waals surface area contributed by atoms with E-state index in [9.17, 15) is 0 Å². The van der Waals surface area contributed by atoms with Crippen molar-refractivity contribution in [3.8, 4) is 0 Å². The summed E-state index contributed by atoms with van der Waals surface area (Å²) in [4.78, 5) is 9.08. The van der Waals surface area contributed by atoms with E-state index < -0.39 is 0 Å². The number of nitrogens with zero attached hydrogens (tertiary/aromatic N) is 3. The van der Waals surface area contributed by atoms with E-state index in [0.29, 0.717) is 12.1 Å². The predicted octanol–water partition coefficient (Wildman–Crippen LogP) is 1.41. The van der Waals surface area contributed by atoms with Crippen LogP contribution in [0.15, 0.2) is 4.99 Å². The maximum atomic E-state index is 4.36. The van der Waals surface area contributed by atoms with Crippen LogP contribution < -0.4 is 0 Å². The Balaban J connectivity index is 2.76. The van der Waals surface area contributed by atoms with E-state index in [0.717, 1.165) is 19.0 Å². The molecule has 3 nitrogen and oxygen atoms in total. The maximum absolute atomic E-state index is 4.36. The zero-order valence-corrected chi connectivity index (χ0v) is 9.41. The largest absolute Gasteiger partial charge is 0.339 e. The summed E-state index contributed by atoms with van der Waals surface area (Å²) in [6.45, 7) is 11.1. The van der Waals surface area contributed by atoms with Crippen molar-refractivity contribution in [1.29, 1.82) is 0 Å². The Morgan fingerprint density at radius 1 is 1.00 bits per heavy atom. The lowest BCUT2D eigenvalue weighted by Gasteiger charge is -2.28. The fraction of sp³-hybridized carbons (Fsp3) is 0.900. The second-order valence-electron chi connectivity index (χ2n) is 4.10. The van der Waals surface area contributed by atoms with Crippen molar-refractivity contribution >= 4 is 5.96 Å². The highest BCUT2D eigenvalue weighted by molar-refractivity contribution is 5.82. The Labute approximate surface area is 81.4 Å². The number of guanidine groups is 1. The fourth-order valence-electron chi connectivity index (χ4n) is 1.82. The molecule has 76 valence electrons. The van der Waals surface area contributed by atoms with Gasteiger partial charge >= 0.3 is 0 Å². The quantitative estimate of drug-likeness (QED) is 0.644. The molecule has 1 saturated heterocycles. The van der Waals surface area contributed by atoms with Crippen LogP contribution in [0.1, 0.15) is 27.7 Å². The molecule has 0 bridgehead atoms. The first-order valence-corrected chi connectivity index (χ1v) is 5.08. The second kappa shape index (κ2) is 3.99. The van der Waals surface area contributed by atoms with Crippen molar-refractivity contribution in [3.05, 3.63) is 0 Å². The van der Waals surface area contributed by atoms with Gasteiger partial charge < -0.3 is 9.80 Å². The molecular formula is C10H21N3. The van der Waals surface area contributed by atoms with Crippen LogP contribution >= 0.6 is 0 Å². The van der Waals surface area contributed by atoms with E-state index in [-0.39, 0.29) is 0 Å². The molecule has 0 aromatic heterocycles. The number of aliphatic imine (C=N–C) groups is 1. The maximum Gasteiger partial charge on any atom is 0.196 e. The van der Waals surface area contributed by atoms with Gasteiger partial charge in [0.2, 0.25) is 0 Å². The molecule has 1 fully saturated rings. The van der Waals surface area contributed by atoms with Crippen LogP contribution in [0.3, 0.4) is 0 Å². The lowest BCUT2D eigenvalue weighted by Crippen LogP contribution is -2.40. The van der Waals surface area contributed by atoms with E-state index in [4.69, 9.17) is 0 Å². The minimum absolute atomic E-state index is 0.558. The van der Waals surface area contributed by atoms with Crippen LogP contribution in [0, 0.1) is 0 Å². The highest BCUT2D eigenvalue weighted by Crippen LogP contribution is 2.14. The van der Waals surface area contributed by atoms with Gasteiger partial charge in [0.1, 0.15) is 0 Å². The Kier molecular flexibility index (Phi) is 3.17. The van der Waals surface area contributed by atoms with Gasteiger partial charge in [-0.05, 0) is 27.7 Å². The molecule has 1 aliphatic rings. The monoisotopic (exact) mass is 183 g/mol. The van der Waals surface area contributed by atoms with E-state index in [2.05, 4.69) is 42.5 Å². The van der Waals surface area contributed by atoms with Gasteiger partial charge in [0.25, 0.3) is 0 Å². The summed E-state index contributed by atoms with van der Waals surface area (Å²) >= 11 is 0. The van der Waals surface area contributed by atoms with Crippen molar-refractivity contribution in [2.75, 3.05) is 20.1 Å². The van der Waals surface area contributed by atoms with Gasteiger partial charge in [0.05, 0.1) is 0 Å². The summed E-state index contributed by atoms with van der Waals surface area (Å²) in [5.74, 6) is 1.16. The topological polar surface area (TPSA) is 18.8 Å². The van der Waals surface area contributed by atoms with Gasteiger partial charge in [-0.15, -0.1) is 0 Å². The van der Waals surface area contributed by atoms with Gasteiger partial charge in [-0.3, -0.25) is 4.99 Å². The molecule has 0 amide bonds. The normalized spacial score (nSPS) is 17.9. The van der Waals surface area contributed by atoms with Crippen molar-refractivity contribution in [2.24, 2.45) is 4.99 Å². The molecule has 0 saturated carbocycles. The van der Waals surface area contributed by atoms with E-state index in [1.807, 2.05) is 7.05 Å². The van der Waals surface area contributed by atoms with Gasteiger partial charge in [-0.2, -0.15) is 0 Å². The first-order chi connectivity index (χ1) is 6.07. The SMILES string of the molecule is CN=C1N(C(C)C)CCN1C(C)C. The van der Waals surface area contributed by atoms with E-state index >= 15 is 0 Å². The summed E-state index contributed by atoms with van der Waals surface area (Å²) < 4.78 is 0. The van der Waals surface area contributed by atoms with Crippen molar-refractivity contribution < 1.29 is 0 Å². The third-order valence-electron chi connectivity index (χ3n) is 2.54. The lowest BCUT2D eigenvalue weighted by atomic mass is 10.3. The highest BCUT2D eigenvalue weighted by atomic mass is 15.4. The van der Waals surface area contributed by atoms with Crippen LogP contribution in [0.25, 0.3) is 0 Å². The fourth-order valence-corrected chi connectivity index (χ4v) is 1.82.